The van der Waals surface area contributed by atoms with Crippen LogP contribution in [0, 0.1) is 0 Å². The normalized spacial score (nSPS) is 11.7. The fraction of sp³-hybridized carbons (Fsp3) is 0.545. The van der Waals surface area contributed by atoms with Crippen LogP contribution in [0.15, 0.2) is 20.0 Å². The molecule has 0 saturated carbocycles. The molecule has 8 nitrogen and oxygen atoms in total. The van der Waals surface area contributed by atoms with Gasteiger partial charge in [0.25, 0.3) is 0 Å². The summed E-state index contributed by atoms with van der Waals surface area (Å²) in [5.74, 6) is -1.80. The average Bonchev–Trinajstić information content (AvgIpc) is 2.81. The van der Waals surface area contributed by atoms with Gasteiger partial charge in [-0.2, -0.15) is 0 Å². The number of nitrogens with one attached hydrogen (secondary N) is 1. The number of aromatic carboxylic acids is 1. The van der Waals surface area contributed by atoms with Gasteiger partial charge in [0.15, 0.2) is 4.67 Å². The van der Waals surface area contributed by atoms with Crippen molar-refractivity contribution in [2.75, 3.05) is 33.5 Å². The third-order valence-corrected chi connectivity index (χ3v) is 4.66. The Kier molecular flexibility index (Phi) is 7.32. The van der Waals surface area contributed by atoms with Crippen molar-refractivity contribution in [3.63, 3.8) is 0 Å². The number of hydrogen-bond acceptors (Lipinski definition) is 6. The van der Waals surface area contributed by atoms with Gasteiger partial charge in [-0.25, -0.2) is 17.9 Å². The van der Waals surface area contributed by atoms with Gasteiger partial charge in [-0.3, -0.25) is 0 Å². The SMILES string of the molecule is COCCOCCCNS(=O)(=O)c1cc(C(=O)O)oc1Br. The first-order chi connectivity index (χ1) is 9.88. The highest BCUT2D eigenvalue weighted by molar-refractivity contribution is 9.10. The molecule has 0 bridgehead atoms. The first-order valence-corrected chi connectivity index (χ1v) is 8.25. The zero-order chi connectivity index (χ0) is 15.9. The van der Waals surface area contributed by atoms with Gasteiger partial charge >= 0.3 is 5.97 Å². The molecule has 0 spiro atoms. The van der Waals surface area contributed by atoms with Crippen molar-refractivity contribution in [3.05, 3.63) is 16.5 Å². The van der Waals surface area contributed by atoms with E-state index in [2.05, 4.69) is 20.7 Å². The van der Waals surface area contributed by atoms with Crippen LogP contribution in [0.4, 0.5) is 0 Å². The van der Waals surface area contributed by atoms with E-state index in [1.165, 1.54) is 0 Å². The molecule has 120 valence electrons. The van der Waals surface area contributed by atoms with Crippen LogP contribution in [0.25, 0.3) is 0 Å². The van der Waals surface area contributed by atoms with Gasteiger partial charge in [0, 0.05) is 26.3 Å². The summed E-state index contributed by atoms with van der Waals surface area (Å²) < 4.78 is 40.9. The molecule has 10 heteroatoms. The number of ether oxygens (including phenoxy) is 2. The highest BCUT2D eigenvalue weighted by Crippen LogP contribution is 2.25. The quantitative estimate of drug-likeness (QED) is 0.578. The van der Waals surface area contributed by atoms with Crippen molar-refractivity contribution in [2.24, 2.45) is 0 Å². The van der Waals surface area contributed by atoms with Crippen molar-refractivity contribution >= 4 is 31.9 Å². The van der Waals surface area contributed by atoms with Crippen LogP contribution in [-0.2, 0) is 19.5 Å². The zero-order valence-corrected chi connectivity index (χ0v) is 13.7. The summed E-state index contributed by atoms with van der Waals surface area (Å²) in [5, 5.41) is 8.75. The molecule has 2 N–H and O–H groups in total. The van der Waals surface area contributed by atoms with Gasteiger partial charge in [-0.1, -0.05) is 0 Å². The topological polar surface area (TPSA) is 115 Å². The third-order valence-electron chi connectivity index (χ3n) is 2.35. The van der Waals surface area contributed by atoms with Crippen molar-refractivity contribution in [1.82, 2.24) is 4.72 Å². The summed E-state index contributed by atoms with van der Waals surface area (Å²) in [7, 11) is -2.27. The number of carbonyl (C=O) groups is 1. The molecule has 21 heavy (non-hydrogen) atoms. The van der Waals surface area contributed by atoms with E-state index in [-0.39, 0.29) is 16.1 Å². The molecule has 0 unspecified atom stereocenters. The minimum Gasteiger partial charge on any atom is -0.475 e. The Bertz CT molecular complexity index is 569. The lowest BCUT2D eigenvalue weighted by atomic mass is 10.5. The van der Waals surface area contributed by atoms with Crippen molar-refractivity contribution in [2.45, 2.75) is 11.3 Å². The molecule has 0 radical (unpaired) electrons. The zero-order valence-electron chi connectivity index (χ0n) is 11.3. The number of furan rings is 1. The molecule has 1 aromatic heterocycles. The molecule has 0 aromatic carbocycles. The summed E-state index contributed by atoms with van der Waals surface area (Å²) in [5.41, 5.74) is 0. The van der Waals surface area contributed by atoms with Gasteiger partial charge in [-0.05, 0) is 22.4 Å². The van der Waals surface area contributed by atoms with Crippen LogP contribution in [-0.4, -0.2) is 53.0 Å². The summed E-state index contributed by atoms with van der Waals surface area (Å²) >= 11 is 2.88. The highest BCUT2D eigenvalue weighted by atomic mass is 79.9. The fourth-order valence-electron chi connectivity index (χ4n) is 1.34. The van der Waals surface area contributed by atoms with Crippen molar-refractivity contribution in [1.29, 1.82) is 0 Å². The summed E-state index contributed by atoms with van der Waals surface area (Å²) in [6.07, 6.45) is 0.476. The molecular weight excluding hydrogens is 370 g/mol. The van der Waals surface area contributed by atoms with Gasteiger partial charge < -0.3 is 19.0 Å². The van der Waals surface area contributed by atoms with E-state index in [1.54, 1.807) is 7.11 Å². The summed E-state index contributed by atoms with van der Waals surface area (Å²) in [4.78, 5) is 10.5. The molecule has 0 aliphatic heterocycles. The first kappa shape index (κ1) is 18.1. The maximum Gasteiger partial charge on any atom is 0.371 e. The van der Waals surface area contributed by atoms with Gasteiger partial charge in [0.1, 0.15) is 4.90 Å². The fourth-order valence-corrected chi connectivity index (χ4v) is 3.36. The Labute approximate surface area is 130 Å². The van der Waals surface area contributed by atoms with Crippen molar-refractivity contribution < 1.29 is 32.2 Å². The molecule has 1 rings (SSSR count). The van der Waals surface area contributed by atoms with Gasteiger partial charge in [0.05, 0.1) is 13.2 Å². The number of methoxy groups -OCH3 is 1. The number of carboxylic acids is 1. The number of sulfonamides is 1. The number of carboxylic acid groups (broad SMARTS) is 1. The molecule has 0 aliphatic rings. The number of hydrogen-bond donors (Lipinski definition) is 2. The van der Waals surface area contributed by atoms with Crippen molar-refractivity contribution in [3.8, 4) is 0 Å². The van der Waals surface area contributed by atoms with E-state index in [0.29, 0.717) is 26.2 Å². The lowest BCUT2D eigenvalue weighted by molar-refractivity contribution is 0.0661. The van der Waals surface area contributed by atoms with E-state index < -0.39 is 21.8 Å². The Hall–Kier alpha value is -0.940. The summed E-state index contributed by atoms with van der Waals surface area (Å²) in [6.45, 7) is 1.47. The third kappa shape index (κ3) is 5.75. The number of rotatable bonds is 10. The molecule has 0 atom stereocenters. The molecule has 0 aliphatic carbocycles. The smallest absolute Gasteiger partial charge is 0.371 e. The van der Waals surface area contributed by atoms with Crippen LogP contribution < -0.4 is 4.72 Å². The van der Waals surface area contributed by atoms with Crippen LogP contribution >= 0.6 is 15.9 Å². The average molecular weight is 386 g/mol. The standard InChI is InChI=1S/C11H16BrNO7S/c1-18-5-6-19-4-2-3-13-21(16,17)9-7-8(11(14)15)20-10(9)12/h7,13H,2-6H2,1H3,(H,14,15). The second kappa shape index (κ2) is 8.49. The lowest BCUT2D eigenvalue weighted by Gasteiger charge is -2.06. The van der Waals surface area contributed by atoms with E-state index in [9.17, 15) is 13.2 Å². The summed E-state index contributed by atoms with van der Waals surface area (Å²) in [6, 6.07) is 0.948. The predicted octanol–water partition coefficient (Wildman–Crippen LogP) is 1.07. The molecular formula is C11H16BrNO7S. The predicted molar refractivity (Wildman–Crippen MR) is 75.9 cm³/mol. The second-order valence-corrected chi connectivity index (χ2v) is 6.37. The molecule has 0 saturated heterocycles. The second-order valence-electron chi connectivity index (χ2n) is 3.91. The van der Waals surface area contributed by atoms with Crippen LogP contribution in [0.2, 0.25) is 0 Å². The maximum atomic E-state index is 12.0. The molecule has 1 aromatic rings. The minimum absolute atomic E-state index is 0.149. The van der Waals surface area contributed by atoms with Gasteiger partial charge in [0.2, 0.25) is 15.8 Å². The molecule has 0 amide bonds. The first-order valence-electron chi connectivity index (χ1n) is 5.97. The molecule has 0 fully saturated rings. The van der Waals surface area contributed by atoms with E-state index in [4.69, 9.17) is 19.0 Å². The van der Waals surface area contributed by atoms with Crippen LogP contribution in [0.1, 0.15) is 17.0 Å². The Morgan fingerprint density at radius 3 is 2.71 bits per heavy atom. The lowest BCUT2D eigenvalue weighted by Crippen LogP contribution is -2.25. The Balaban J connectivity index is 2.48. The van der Waals surface area contributed by atoms with E-state index >= 15 is 0 Å². The van der Waals surface area contributed by atoms with Gasteiger partial charge in [-0.15, -0.1) is 0 Å². The van der Waals surface area contributed by atoms with Crippen LogP contribution in [0.5, 0.6) is 0 Å². The molecule has 1 heterocycles. The minimum atomic E-state index is -3.84. The highest BCUT2D eigenvalue weighted by Gasteiger charge is 2.24. The maximum absolute atomic E-state index is 12.0. The van der Waals surface area contributed by atoms with E-state index in [0.717, 1.165) is 6.07 Å². The van der Waals surface area contributed by atoms with Crippen LogP contribution in [0.3, 0.4) is 0 Å². The Morgan fingerprint density at radius 2 is 2.14 bits per heavy atom. The number of halogens is 1. The largest absolute Gasteiger partial charge is 0.475 e. The van der Waals surface area contributed by atoms with E-state index in [1.807, 2.05) is 0 Å². The monoisotopic (exact) mass is 385 g/mol. The Morgan fingerprint density at radius 1 is 1.43 bits per heavy atom.